The number of rotatable bonds is 3. The zero-order valence-electron chi connectivity index (χ0n) is 10.7. The first-order valence-corrected chi connectivity index (χ1v) is 7.48. The molecule has 2 rings (SSSR count). The van der Waals surface area contributed by atoms with Crippen molar-refractivity contribution in [3.63, 3.8) is 0 Å². The predicted molar refractivity (Wildman–Crippen MR) is 71.2 cm³/mol. The maximum Gasteiger partial charge on any atom is 0.243 e. The molecule has 6 nitrogen and oxygen atoms in total. The second-order valence-corrected chi connectivity index (χ2v) is 6.47. The van der Waals surface area contributed by atoms with Gasteiger partial charge in [-0.1, -0.05) is 0 Å². The number of anilines is 1. The first kappa shape index (κ1) is 14.3. The fraction of sp³-hybridized carbons (Fsp3) is 0.500. The van der Waals surface area contributed by atoms with E-state index in [9.17, 15) is 8.42 Å². The molecule has 1 aliphatic rings. The van der Waals surface area contributed by atoms with Crippen LogP contribution in [-0.2, 0) is 14.8 Å². The molecule has 0 saturated carbocycles. The van der Waals surface area contributed by atoms with E-state index in [1.807, 2.05) is 0 Å². The molecule has 1 aromatic carbocycles. The lowest BCUT2D eigenvalue weighted by atomic mass is 10.2. The molecule has 3 N–H and O–H groups in total. The number of hydrogen-bond acceptors (Lipinski definition) is 5. The number of morpholine rings is 1. The molecule has 1 aliphatic heterocycles. The predicted octanol–water partition coefficient (Wildman–Crippen LogP) is -0.0410. The minimum atomic E-state index is -3.57. The van der Waals surface area contributed by atoms with Crippen molar-refractivity contribution in [1.29, 1.82) is 0 Å². The van der Waals surface area contributed by atoms with Gasteiger partial charge in [-0.25, -0.2) is 8.42 Å². The molecule has 1 fully saturated rings. The van der Waals surface area contributed by atoms with Crippen LogP contribution in [0.25, 0.3) is 0 Å². The second-order valence-electron chi connectivity index (χ2n) is 4.56. The summed E-state index contributed by atoms with van der Waals surface area (Å²) in [6.07, 6.45) is -0.461. The monoisotopic (exact) mass is 286 g/mol. The largest absolute Gasteiger partial charge is 0.399 e. The van der Waals surface area contributed by atoms with Gasteiger partial charge in [0, 0.05) is 18.8 Å². The third kappa shape index (κ3) is 2.89. The summed E-state index contributed by atoms with van der Waals surface area (Å²) in [4.78, 5) is 0.250. The van der Waals surface area contributed by atoms with E-state index in [1.165, 1.54) is 10.4 Å². The number of hydrogen-bond donors (Lipinski definition) is 2. The van der Waals surface area contributed by atoms with Gasteiger partial charge in [0.1, 0.15) is 0 Å². The molecule has 0 amide bonds. The molecule has 1 saturated heterocycles. The molecule has 1 atom stereocenters. The molecule has 0 aliphatic carbocycles. The van der Waals surface area contributed by atoms with Gasteiger partial charge in [-0.05, 0) is 30.7 Å². The van der Waals surface area contributed by atoms with E-state index in [0.29, 0.717) is 24.4 Å². The van der Waals surface area contributed by atoms with Crippen LogP contribution in [0.2, 0.25) is 0 Å². The van der Waals surface area contributed by atoms with Crippen LogP contribution in [0, 0.1) is 6.92 Å². The Morgan fingerprint density at radius 2 is 2.26 bits per heavy atom. The van der Waals surface area contributed by atoms with Crippen LogP contribution >= 0.6 is 0 Å². The van der Waals surface area contributed by atoms with E-state index in [1.54, 1.807) is 19.1 Å². The van der Waals surface area contributed by atoms with E-state index in [2.05, 4.69) is 0 Å². The molecule has 1 aromatic rings. The Labute approximate surface area is 112 Å². The molecule has 19 heavy (non-hydrogen) atoms. The molecular weight excluding hydrogens is 268 g/mol. The first-order valence-electron chi connectivity index (χ1n) is 6.04. The van der Waals surface area contributed by atoms with Crippen LogP contribution in [-0.4, -0.2) is 50.2 Å². The van der Waals surface area contributed by atoms with Crippen LogP contribution in [0.3, 0.4) is 0 Å². The van der Waals surface area contributed by atoms with Gasteiger partial charge in [0.15, 0.2) is 0 Å². The normalized spacial score (nSPS) is 21.5. The van der Waals surface area contributed by atoms with Crippen LogP contribution in [0.15, 0.2) is 23.1 Å². The van der Waals surface area contributed by atoms with Gasteiger partial charge >= 0.3 is 0 Å². The quantitative estimate of drug-likeness (QED) is 0.761. The van der Waals surface area contributed by atoms with Crippen LogP contribution < -0.4 is 5.73 Å². The van der Waals surface area contributed by atoms with Crippen molar-refractivity contribution in [3.8, 4) is 0 Å². The van der Waals surface area contributed by atoms with E-state index < -0.39 is 16.1 Å². The highest BCUT2D eigenvalue weighted by Gasteiger charge is 2.31. The Morgan fingerprint density at radius 3 is 2.89 bits per heavy atom. The van der Waals surface area contributed by atoms with Gasteiger partial charge in [-0.2, -0.15) is 4.31 Å². The standard InChI is InChI=1S/C12H18N2O4S/c1-9-6-10(13)2-3-12(9)19(16,17)14-4-5-18-11(7-14)8-15/h2-3,6,11,15H,4-5,7-8,13H2,1H3. The molecule has 0 spiro atoms. The molecule has 1 heterocycles. The molecular formula is C12H18N2O4S. The Bertz CT molecular complexity index is 559. The summed E-state index contributed by atoms with van der Waals surface area (Å²) in [5.74, 6) is 0. The minimum Gasteiger partial charge on any atom is -0.399 e. The number of nitrogens with two attached hydrogens (primary N) is 1. The highest BCUT2D eigenvalue weighted by Crippen LogP contribution is 2.23. The number of nitrogens with zero attached hydrogens (tertiary/aromatic N) is 1. The van der Waals surface area contributed by atoms with Gasteiger partial charge < -0.3 is 15.6 Å². The molecule has 0 bridgehead atoms. The topological polar surface area (TPSA) is 92.9 Å². The third-order valence-electron chi connectivity index (χ3n) is 3.12. The summed E-state index contributed by atoms with van der Waals surface area (Å²) in [5, 5.41) is 9.07. The summed E-state index contributed by atoms with van der Waals surface area (Å²) in [5.41, 5.74) is 6.78. The molecule has 7 heteroatoms. The maximum absolute atomic E-state index is 12.5. The Balaban J connectivity index is 2.31. The van der Waals surface area contributed by atoms with Crippen LogP contribution in [0.1, 0.15) is 5.56 Å². The highest BCUT2D eigenvalue weighted by molar-refractivity contribution is 7.89. The molecule has 106 valence electrons. The SMILES string of the molecule is Cc1cc(N)ccc1S(=O)(=O)N1CCOC(CO)C1. The number of ether oxygens (including phenoxy) is 1. The van der Waals surface area contributed by atoms with Gasteiger partial charge in [0.25, 0.3) is 0 Å². The van der Waals surface area contributed by atoms with E-state index in [4.69, 9.17) is 15.6 Å². The van der Waals surface area contributed by atoms with Crippen molar-refractivity contribution < 1.29 is 18.3 Å². The number of sulfonamides is 1. The third-order valence-corrected chi connectivity index (χ3v) is 5.15. The van der Waals surface area contributed by atoms with Gasteiger partial charge in [-0.3, -0.25) is 0 Å². The number of aliphatic hydroxyl groups excluding tert-OH is 1. The fourth-order valence-electron chi connectivity index (χ4n) is 2.12. The lowest BCUT2D eigenvalue weighted by molar-refractivity contribution is -0.0304. The van der Waals surface area contributed by atoms with Crippen LogP contribution in [0.4, 0.5) is 5.69 Å². The number of aryl methyl sites for hydroxylation is 1. The summed E-state index contributed by atoms with van der Waals surface area (Å²) in [7, 11) is -3.57. The molecule has 0 aromatic heterocycles. The second kappa shape index (κ2) is 5.46. The molecule has 1 unspecified atom stereocenters. The zero-order valence-corrected chi connectivity index (χ0v) is 11.6. The van der Waals surface area contributed by atoms with E-state index >= 15 is 0 Å². The van der Waals surface area contributed by atoms with Crippen LogP contribution in [0.5, 0.6) is 0 Å². The number of nitrogen functional groups attached to an aromatic ring is 1. The fourth-order valence-corrected chi connectivity index (χ4v) is 3.78. The van der Waals surface area contributed by atoms with Crippen molar-refractivity contribution in [2.75, 3.05) is 32.0 Å². The summed E-state index contributed by atoms with van der Waals surface area (Å²) in [6, 6.07) is 4.73. The number of aliphatic hydroxyl groups is 1. The van der Waals surface area contributed by atoms with Crippen molar-refractivity contribution in [2.45, 2.75) is 17.9 Å². The first-order chi connectivity index (χ1) is 8.95. The zero-order chi connectivity index (χ0) is 14.0. The Morgan fingerprint density at radius 1 is 1.53 bits per heavy atom. The lowest BCUT2D eigenvalue weighted by Crippen LogP contribution is -2.46. The van der Waals surface area contributed by atoms with Crippen molar-refractivity contribution in [3.05, 3.63) is 23.8 Å². The minimum absolute atomic E-state index is 0.169. The average molecular weight is 286 g/mol. The summed E-state index contributed by atoms with van der Waals surface area (Å²) < 4.78 is 31.7. The Hall–Kier alpha value is -1.15. The van der Waals surface area contributed by atoms with Crippen molar-refractivity contribution >= 4 is 15.7 Å². The lowest BCUT2D eigenvalue weighted by Gasteiger charge is -2.31. The van der Waals surface area contributed by atoms with Crippen molar-refractivity contribution in [1.82, 2.24) is 4.31 Å². The number of benzene rings is 1. The van der Waals surface area contributed by atoms with E-state index in [0.717, 1.165) is 0 Å². The van der Waals surface area contributed by atoms with Crippen molar-refractivity contribution in [2.24, 2.45) is 0 Å². The van der Waals surface area contributed by atoms with Gasteiger partial charge in [-0.15, -0.1) is 0 Å². The maximum atomic E-state index is 12.5. The average Bonchev–Trinajstić information content (AvgIpc) is 2.38. The van der Waals surface area contributed by atoms with Gasteiger partial charge in [0.2, 0.25) is 10.0 Å². The van der Waals surface area contributed by atoms with E-state index in [-0.39, 0.29) is 18.0 Å². The summed E-state index contributed by atoms with van der Waals surface area (Å²) >= 11 is 0. The highest BCUT2D eigenvalue weighted by atomic mass is 32.2. The Kier molecular flexibility index (Phi) is 4.10. The smallest absolute Gasteiger partial charge is 0.243 e. The van der Waals surface area contributed by atoms with Gasteiger partial charge in [0.05, 0.1) is 24.2 Å². The summed E-state index contributed by atoms with van der Waals surface area (Å²) in [6.45, 7) is 2.28. The molecule has 0 radical (unpaired) electrons.